The summed E-state index contributed by atoms with van der Waals surface area (Å²) >= 11 is 1.50. The van der Waals surface area contributed by atoms with Crippen molar-refractivity contribution in [1.82, 2.24) is 15.1 Å². The number of aliphatic hydroxyl groups excluding tert-OH is 1. The van der Waals surface area contributed by atoms with E-state index in [1.807, 2.05) is 50.2 Å². The molecule has 5 aromatic rings. The molecule has 192 valence electrons. The average Bonchev–Trinajstić information content (AvgIpc) is 3.30. The van der Waals surface area contributed by atoms with E-state index in [1.54, 1.807) is 0 Å². The molecular weight excluding hydrogens is 496 g/mol. The van der Waals surface area contributed by atoms with Gasteiger partial charge in [-0.25, -0.2) is 9.97 Å². The van der Waals surface area contributed by atoms with E-state index in [-0.39, 0.29) is 12.6 Å². The molecule has 0 radical (unpaired) electrons. The molecule has 1 saturated heterocycles. The molecule has 2 aromatic heterocycles. The number of aliphatic hydroxyl groups is 1. The Labute approximate surface area is 225 Å². The van der Waals surface area contributed by atoms with Gasteiger partial charge in [-0.1, -0.05) is 53.7 Å². The number of benzene rings is 3. The van der Waals surface area contributed by atoms with Crippen molar-refractivity contribution < 1.29 is 14.4 Å². The molecule has 3 heterocycles. The second-order valence-electron chi connectivity index (χ2n) is 9.36. The van der Waals surface area contributed by atoms with Crippen molar-refractivity contribution in [1.29, 1.82) is 0 Å². The third-order valence-electron chi connectivity index (χ3n) is 6.85. The number of morpholine rings is 1. The summed E-state index contributed by atoms with van der Waals surface area (Å²) in [4.78, 5) is 13.4. The maximum absolute atomic E-state index is 9.59. The topological polar surface area (TPSA) is 84.5 Å². The van der Waals surface area contributed by atoms with Gasteiger partial charge in [0.2, 0.25) is 0 Å². The third-order valence-corrected chi connectivity index (χ3v) is 7.71. The van der Waals surface area contributed by atoms with Crippen LogP contribution in [0.2, 0.25) is 0 Å². The molecule has 0 amide bonds. The molecule has 38 heavy (non-hydrogen) atoms. The van der Waals surface area contributed by atoms with E-state index in [0.717, 1.165) is 49.8 Å². The van der Waals surface area contributed by atoms with Gasteiger partial charge in [-0.05, 0) is 66.6 Å². The first-order valence-corrected chi connectivity index (χ1v) is 13.4. The largest absolute Gasteiger partial charge is 0.392 e. The van der Waals surface area contributed by atoms with E-state index in [9.17, 15) is 5.11 Å². The van der Waals surface area contributed by atoms with E-state index in [2.05, 4.69) is 46.5 Å². The first-order chi connectivity index (χ1) is 18.6. The van der Waals surface area contributed by atoms with E-state index < -0.39 is 0 Å². The second kappa shape index (κ2) is 10.6. The maximum Gasteiger partial charge on any atom is 0.195 e. The lowest BCUT2D eigenvalue weighted by atomic mass is 10.0. The van der Waals surface area contributed by atoms with Gasteiger partial charge in [-0.15, -0.1) is 0 Å². The molecular formula is C30H28N4O3S. The molecule has 3 aromatic carbocycles. The Morgan fingerprint density at radius 3 is 2.66 bits per heavy atom. The quantitative estimate of drug-likeness (QED) is 0.266. The second-order valence-corrected chi connectivity index (χ2v) is 10.4. The van der Waals surface area contributed by atoms with Gasteiger partial charge in [0.05, 0.1) is 37.1 Å². The Bertz CT molecular complexity index is 1570. The number of fused-ring (bicyclic) bond motifs is 1. The Morgan fingerprint density at radius 2 is 1.87 bits per heavy atom. The lowest BCUT2D eigenvalue weighted by Crippen LogP contribution is -2.40. The Balaban J connectivity index is 1.51. The summed E-state index contributed by atoms with van der Waals surface area (Å²) in [6.07, 6.45) is 0. The van der Waals surface area contributed by atoms with Crippen molar-refractivity contribution >= 4 is 28.5 Å². The van der Waals surface area contributed by atoms with Gasteiger partial charge in [-0.2, -0.15) is 0 Å². The zero-order valence-corrected chi connectivity index (χ0v) is 22.1. The molecule has 0 spiro atoms. The van der Waals surface area contributed by atoms with Gasteiger partial charge in [0, 0.05) is 22.4 Å². The van der Waals surface area contributed by atoms with Crippen molar-refractivity contribution in [3.8, 4) is 11.1 Å². The zero-order valence-electron chi connectivity index (χ0n) is 21.3. The molecule has 8 heteroatoms. The number of aryl methyl sites for hydroxylation is 2. The number of nitrogens with zero attached hydrogens (tertiary/aromatic N) is 4. The summed E-state index contributed by atoms with van der Waals surface area (Å²) in [7, 11) is 0. The van der Waals surface area contributed by atoms with Gasteiger partial charge in [-0.3, -0.25) is 0 Å². The van der Waals surface area contributed by atoms with Crippen LogP contribution in [-0.4, -0.2) is 40.0 Å². The molecule has 1 aliphatic rings. The van der Waals surface area contributed by atoms with Gasteiger partial charge < -0.3 is 19.3 Å². The summed E-state index contributed by atoms with van der Waals surface area (Å²) in [5.41, 5.74) is 5.79. The highest BCUT2D eigenvalue weighted by atomic mass is 32.2. The lowest BCUT2D eigenvalue weighted by Gasteiger charge is -2.37. The summed E-state index contributed by atoms with van der Waals surface area (Å²) in [6.45, 7) is 5.81. The minimum Gasteiger partial charge on any atom is -0.392 e. The molecule has 1 aliphatic heterocycles. The van der Waals surface area contributed by atoms with Crippen LogP contribution in [0.3, 0.4) is 0 Å². The van der Waals surface area contributed by atoms with Crippen LogP contribution >= 0.6 is 11.8 Å². The predicted octanol–water partition coefficient (Wildman–Crippen LogP) is 6.12. The monoisotopic (exact) mass is 524 g/mol. The lowest BCUT2D eigenvalue weighted by molar-refractivity contribution is 0.0938. The van der Waals surface area contributed by atoms with Crippen LogP contribution in [-0.2, 0) is 11.3 Å². The maximum atomic E-state index is 9.59. The summed E-state index contributed by atoms with van der Waals surface area (Å²) in [5, 5.41) is 15.4. The normalized spacial score (nSPS) is 15.8. The molecule has 0 unspecified atom stereocenters. The van der Waals surface area contributed by atoms with Crippen LogP contribution in [0.1, 0.15) is 28.6 Å². The summed E-state index contributed by atoms with van der Waals surface area (Å²) in [5.74, 6) is 1.66. The minimum atomic E-state index is -0.00472. The smallest absolute Gasteiger partial charge is 0.195 e. The van der Waals surface area contributed by atoms with Crippen LogP contribution in [0.25, 0.3) is 22.0 Å². The van der Waals surface area contributed by atoms with E-state index in [0.29, 0.717) is 24.9 Å². The number of rotatable bonds is 6. The fraction of sp³-hybridized carbons (Fsp3) is 0.233. The number of ether oxygens (including phenoxy) is 1. The van der Waals surface area contributed by atoms with Crippen LogP contribution in [0.5, 0.6) is 0 Å². The number of aromatic nitrogens is 3. The number of hydrogen-bond acceptors (Lipinski definition) is 8. The van der Waals surface area contributed by atoms with E-state index >= 15 is 0 Å². The Hall–Kier alpha value is -3.72. The van der Waals surface area contributed by atoms with Crippen molar-refractivity contribution in [3.05, 3.63) is 95.4 Å². The van der Waals surface area contributed by atoms with Crippen molar-refractivity contribution in [3.63, 3.8) is 0 Å². The highest BCUT2D eigenvalue weighted by Gasteiger charge is 2.28. The zero-order chi connectivity index (χ0) is 26.1. The summed E-state index contributed by atoms with van der Waals surface area (Å²) < 4.78 is 11.4. The average molecular weight is 525 g/mol. The molecule has 0 aliphatic carbocycles. The standard InChI is InChI=1S/C30H28N4O3S/c1-19-28(20(2)37-33-19)23-11-12-26-25(16-23)29(32-30(31-26)38-24-10-6-7-21(15-24)17-35)34-13-14-36-18-27(34)22-8-4-3-5-9-22/h3-12,15-16,27,35H,13-14,17-18H2,1-2H3/t27-/m1/s1. The molecule has 1 atom stereocenters. The van der Waals surface area contributed by atoms with E-state index in [1.165, 1.54) is 17.3 Å². The van der Waals surface area contributed by atoms with Crippen molar-refractivity contribution in [2.24, 2.45) is 0 Å². The third kappa shape index (κ3) is 4.78. The molecule has 7 nitrogen and oxygen atoms in total. The van der Waals surface area contributed by atoms with Crippen LogP contribution in [0, 0.1) is 13.8 Å². The molecule has 0 bridgehead atoms. The SMILES string of the molecule is Cc1noc(C)c1-c1ccc2nc(Sc3cccc(CO)c3)nc(N3CCOC[C@@H]3c3ccccc3)c2c1. The molecule has 6 rings (SSSR count). The van der Waals surface area contributed by atoms with Crippen molar-refractivity contribution in [2.75, 3.05) is 24.7 Å². The van der Waals surface area contributed by atoms with Crippen LogP contribution in [0.4, 0.5) is 5.82 Å². The fourth-order valence-corrected chi connectivity index (χ4v) is 5.87. The number of anilines is 1. The Kier molecular flexibility index (Phi) is 6.84. The fourth-order valence-electron chi connectivity index (χ4n) is 5.03. The van der Waals surface area contributed by atoms with E-state index in [4.69, 9.17) is 19.2 Å². The highest BCUT2D eigenvalue weighted by molar-refractivity contribution is 7.99. The molecule has 0 saturated carbocycles. The predicted molar refractivity (Wildman–Crippen MR) is 148 cm³/mol. The number of hydrogen-bond donors (Lipinski definition) is 1. The highest BCUT2D eigenvalue weighted by Crippen LogP contribution is 2.38. The first kappa shape index (κ1) is 24.6. The van der Waals surface area contributed by atoms with Crippen LogP contribution < -0.4 is 4.90 Å². The van der Waals surface area contributed by atoms with Gasteiger partial charge in [0.1, 0.15) is 11.6 Å². The first-order valence-electron chi connectivity index (χ1n) is 12.6. The molecule has 1 fully saturated rings. The molecule has 1 N–H and O–H groups in total. The van der Waals surface area contributed by atoms with Crippen molar-refractivity contribution in [2.45, 2.75) is 36.5 Å². The Morgan fingerprint density at radius 1 is 1.00 bits per heavy atom. The van der Waals surface area contributed by atoms with Gasteiger partial charge in [0.25, 0.3) is 0 Å². The summed E-state index contributed by atoms with van der Waals surface area (Å²) in [6, 6.07) is 24.6. The minimum absolute atomic E-state index is 0.00472. The van der Waals surface area contributed by atoms with Gasteiger partial charge >= 0.3 is 0 Å². The van der Waals surface area contributed by atoms with Gasteiger partial charge in [0.15, 0.2) is 5.16 Å². The van der Waals surface area contributed by atoms with Crippen LogP contribution in [0.15, 0.2) is 87.4 Å².